The Morgan fingerprint density at radius 3 is 1.23 bits per heavy atom. The second-order valence-corrected chi connectivity index (χ2v) is 9.50. The Hall–Kier alpha value is 1.67. The Morgan fingerprint density at radius 1 is 1.15 bits per heavy atom. The van der Waals surface area contributed by atoms with Crippen LogP contribution in [-0.4, -0.2) is 31.4 Å². The van der Waals surface area contributed by atoms with Crippen molar-refractivity contribution in [1.29, 1.82) is 0 Å². The molecule has 0 aliphatic heterocycles. The Labute approximate surface area is 103 Å². The number of hydrogen-bond donors (Lipinski definition) is 0. The summed E-state index contributed by atoms with van der Waals surface area (Å²) in [4.78, 5) is 0. The molecule has 0 aromatic heterocycles. The quantitative estimate of drug-likeness (QED) is 0.547. The minimum absolute atomic E-state index is 1.14. The highest BCUT2D eigenvalue weighted by atomic mass is 36.0. The molecule has 0 rings (SSSR count). The molecule has 0 radical (unpaired) electrons. The molecule has 10 heteroatoms. The second kappa shape index (κ2) is 13.7. The van der Waals surface area contributed by atoms with E-state index in [2.05, 4.69) is 33.9 Å². The van der Waals surface area contributed by atoms with Crippen molar-refractivity contribution in [3.63, 3.8) is 0 Å². The zero-order valence-electron chi connectivity index (χ0n) is 6.99. The Bertz CT molecular complexity index is 190. The van der Waals surface area contributed by atoms with Gasteiger partial charge in [-0.1, -0.05) is 21.6 Å². The van der Waals surface area contributed by atoms with E-state index in [9.17, 15) is 4.21 Å². The van der Waals surface area contributed by atoms with Crippen molar-refractivity contribution < 1.29 is 12.6 Å². The lowest BCUT2D eigenvalue weighted by Crippen LogP contribution is -1.63. The van der Waals surface area contributed by atoms with Crippen LogP contribution in [0.4, 0.5) is 0 Å². The molecule has 1 unspecified atom stereocenters. The summed E-state index contributed by atoms with van der Waals surface area (Å²) in [5.74, 6) is 0. The minimum atomic E-state index is -3.72. The molecule has 0 aliphatic rings. The van der Waals surface area contributed by atoms with E-state index in [-0.39, 0.29) is 0 Å². The highest BCUT2D eigenvalue weighted by Crippen LogP contribution is 2.09. The summed E-state index contributed by atoms with van der Waals surface area (Å²) in [6.07, 6.45) is 5.52. The lowest BCUT2D eigenvalue weighted by molar-refractivity contribution is 0.621. The molecule has 0 heterocycles. The molecule has 0 fully saturated rings. The fourth-order valence-corrected chi connectivity index (χ4v) is 0. The highest BCUT2D eigenvalue weighted by molar-refractivity contribution is 8.76. The molecule has 0 amide bonds. The first-order chi connectivity index (χ1) is 5.65. The molecular formula is C3H9Cl3O3S4. The van der Waals surface area contributed by atoms with Crippen LogP contribution in [0, 0.1) is 0 Å². The monoisotopic (exact) mass is 326 g/mol. The predicted molar refractivity (Wildman–Crippen MR) is 67.6 cm³/mol. The van der Waals surface area contributed by atoms with Gasteiger partial charge in [-0.2, -0.15) is 8.42 Å². The SMILES string of the molecule is CS(=O)Cl.CSSC.O=S(=O)(Cl)Cl. The molecule has 0 aromatic rings. The summed E-state index contributed by atoms with van der Waals surface area (Å²) in [7, 11) is 12.0. The third-order valence-corrected chi connectivity index (χ3v) is 1.50. The molecule has 0 saturated heterocycles. The Kier molecular flexibility index (Phi) is 21.2. The van der Waals surface area contributed by atoms with Gasteiger partial charge in [-0.3, -0.25) is 0 Å². The van der Waals surface area contributed by atoms with E-state index in [1.807, 2.05) is 0 Å². The van der Waals surface area contributed by atoms with Crippen molar-refractivity contribution in [2.75, 3.05) is 18.8 Å². The van der Waals surface area contributed by atoms with Crippen LogP contribution in [0.15, 0.2) is 0 Å². The van der Waals surface area contributed by atoms with Crippen LogP contribution >= 0.6 is 53.6 Å². The molecule has 0 N–H and O–H groups in total. The molecular weight excluding hydrogens is 319 g/mol. The van der Waals surface area contributed by atoms with Gasteiger partial charge in [-0.15, -0.1) is 0 Å². The first-order valence-corrected chi connectivity index (χ1v) is 10.8. The number of hydrogen-bond acceptors (Lipinski definition) is 5. The second-order valence-electron chi connectivity index (χ2n) is 1.10. The van der Waals surface area contributed by atoms with Crippen LogP contribution in [0.2, 0.25) is 0 Å². The van der Waals surface area contributed by atoms with E-state index < -0.39 is 18.3 Å². The summed E-state index contributed by atoms with van der Waals surface area (Å²) in [6.45, 7) is 0. The van der Waals surface area contributed by atoms with Crippen LogP contribution in [0.5, 0.6) is 0 Å². The van der Waals surface area contributed by atoms with Gasteiger partial charge in [0.25, 0.3) is 0 Å². The van der Waals surface area contributed by atoms with Crippen molar-refractivity contribution >= 4 is 71.9 Å². The van der Waals surface area contributed by atoms with Crippen LogP contribution in [0.3, 0.4) is 0 Å². The minimum Gasteiger partial charge on any atom is -0.243 e. The van der Waals surface area contributed by atoms with Crippen LogP contribution in [-0.2, 0) is 18.3 Å². The van der Waals surface area contributed by atoms with Crippen LogP contribution in [0.1, 0.15) is 0 Å². The van der Waals surface area contributed by atoms with E-state index in [4.69, 9.17) is 19.1 Å². The normalized spacial score (nSPS) is 11.5. The molecule has 0 aliphatic carbocycles. The van der Waals surface area contributed by atoms with E-state index in [0.717, 1.165) is 0 Å². The third kappa shape index (κ3) is 261. The van der Waals surface area contributed by atoms with E-state index in [0.29, 0.717) is 0 Å². The molecule has 1 atom stereocenters. The number of halogens is 3. The Morgan fingerprint density at radius 2 is 1.23 bits per heavy atom. The summed E-state index contributed by atoms with van der Waals surface area (Å²) in [5.41, 5.74) is 0. The largest absolute Gasteiger partial charge is 0.317 e. The van der Waals surface area contributed by atoms with Gasteiger partial charge in [0, 0.05) is 27.6 Å². The van der Waals surface area contributed by atoms with E-state index in [1.54, 1.807) is 21.6 Å². The fraction of sp³-hybridized carbons (Fsp3) is 1.00. The standard InChI is InChI=1S/C2H6S2.CH3ClOS.Cl2O2S/c1-3-4-2;1-4(2)3;1-5(2,3)4/h1-2H3;1H3;. The summed E-state index contributed by atoms with van der Waals surface area (Å²) < 4.78 is 27.6. The average molecular weight is 328 g/mol. The van der Waals surface area contributed by atoms with Crippen LogP contribution < -0.4 is 0 Å². The third-order valence-electron chi connectivity index (χ3n) is 0.167. The summed E-state index contributed by atoms with van der Waals surface area (Å²) in [6, 6.07) is 0. The van der Waals surface area contributed by atoms with Crippen molar-refractivity contribution in [3.8, 4) is 0 Å². The van der Waals surface area contributed by atoms with Crippen molar-refractivity contribution in [2.24, 2.45) is 0 Å². The van der Waals surface area contributed by atoms with Gasteiger partial charge in [0.05, 0.1) is 0 Å². The predicted octanol–water partition coefficient (Wildman–Crippen LogP) is 2.85. The van der Waals surface area contributed by atoms with Gasteiger partial charge in [0.15, 0.2) is 0 Å². The van der Waals surface area contributed by atoms with Gasteiger partial charge >= 0.3 is 8.26 Å². The first kappa shape index (κ1) is 20.1. The lowest BCUT2D eigenvalue weighted by atomic mass is 12.0. The maximum absolute atomic E-state index is 9.32. The molecule has 0 bridgehead atoms. The van der Waals surface area contributed by atoms with Crippen molar-refractivity contribution in [3.05, 3.63) is 0 Å². The first-order valence-electron chi connectivity index (χ1n) is 2.35. The zero-order valence-corrected chi connectivity index (χ0v) is 12.5. The van der Waals surface area contributed by atoms with E-state index >= 15 is 0 Å². The Balaban J connectivity index is -0.000000117. The average Bonchev–Trinajstić information content (AvgIpc) is 1.82. The zero-order chi connectivity index (χ0) is 11.5. The molecule has 84 valence electrons. The smallest absolute Gasteiger partial charge is 0.243 e. The fourth-order valence-electron chi connectivity index (χ4n) is 0. The van der Waals surface area contributed by atoms with Gasteiger partial charge in [0.2, 0.25) is 0 Å². The molecule has 0 aromatic carbocycles. The lowest BCUT2D eigenvalue weighted by Gasteiger charge is -1.69. The molecule has 3 nitrogen and oxygen atoms in total. The summed E-state index contributed by atoms with van der Waals surface area (Å²) >= 11 is 0. The number of rotatable bonds is 1. The molecule has 0 spiro atoms. The highest BCUT2D eigenvalue weighted by Gasteiger charge is 1.88. The molecule has 0 saturated carbocycles. The van der Waals surface area contributed by atoms with Crippen LogP contribution in [0.25, 0.3) is 0 Å². The molecule has 13 heavy (non-hydrogen) atoms. The van der Waals surface area contributed by atoms with Gasteiger partial charge < -0.3 is 0 Å². The van der Waals surface area contributed by atoms with Gasteiger partial charge in [0.1, 0.15) is 10.0 Å². The maximum Gasteiger partial charge on any atom is 0.317 e. The summed E-state index contributed by atoms with van der Waals surface area (Å²) in [5, 5.41) is 0. The van der Waals surface area contributed by atoms with Crippen molar-refractivity contribution in [2.45, 2.75) is 0 Å². The van der Waals surface area contributed by atoms with E-state index in [1.165, 1.54) is 6.26 Å². The van der Waals surface area contributed by atoms with Crippen molar-refractivity contribution in [1.82, 2.24) is 0 Å². The maximum atomic E-state index is 9.32. The topological polar surface area (TPSA) is 51.2 Å². The van der Waals surface area contributed by atoms with Gasteiger partial charge in [-0.05, 0) is 23.2 Å². The van der Waals surface area contributed by atoms with Gasteiger partial charge in [-0.25, -0.2) is 4.21 Å².